The van der Waals surface area contributed by atoms with Crippen LogP contribution in [0.15, 0.2) is 133 Å². The third-order valence-electron chi connectivity index (χ3n) is 16.1. The minimum Gasteiger partial charge on any atom is -0.376 e. The SMILES string of the molecule is Cc1cc2c3c(c1)N(c1ccc(C(C)(C)C)cc1-c1ccccc1)c1cc4c(cc1B3N(c1ccc(C(C)(C)C)cc1)c1cc3c(cc1-2)C(C)(C)CCC3(C)C)C(C)(C)c1ccccc1-4. The lowest BCUT2D eigenvalue weighted by atomic mass is 9.42. The van der Waals surface area contributed by atoms with Gasteiger partial charge in [-0.1, -0.05) is 168 Å². The van der Waals surface area contributed by atoms with Crippen LogP contribution in [0.25, 0.3) is 33.4 Å². The Balaban J connectivity index is 1.29. The fraction of sp³-hybridized carbons (Fsp3) is 0.323. The van der Waals surface area contributed by atoms with E-state index < -0.39 is 0 Å². The standard InChI is InChI=1S/C62H65BN2/c1-38-31-47-46-34-50-51(61(10,11)30-29-60(50,8)9)37-54(46)65(42-26-23-40(24-27-42)58(2,3)4)63-52-36-49-45(43-21-17-18-22-48(43)62(49,12)13)35-55(52)64(56(32-38)57(47)63)53-28-25-41(59(5,6)7)33-44(53)39-19-15-14-16-20-39/h14-28,31-37H,29-30H2,1-13H3. The molecule has 0 N–H and O–H groups in total. The summed E-state index contributed by atoms with van der Waals surface area (Å²) in [6, 6.07) is 52.6. The average molecular weight is 849 g/mol. The number of anilines is 5. The van der Waals surface area contributed by atoms with E-state index in [1.165, 1.54) is 125 Å². The fourth-order valence-corrected chi connectivity index (χ4v) is 12.1. The van der Waals surface area contributed by atoms with Gasteiger partial charge in [0.2, 0.25) is 0 Å². The molecular weight excluding hydrogens is 784 g/mol. The Bertz CT molecular complexity index is 3100. The second kappa shape index (κ2) is 13.9. The zero-order valence-corrected chi connectivity index (χ0v) is 41.1. The molecule has 0 unspecified atom stereocenters. The van der Waals surface area contributed by atoms with Gasteiger partial charge in [-0.05, 0) is 162 Å². The Hall–Kier alpha value is -5.80. The highest BCUT2D eigenvalue weighted by molar-refractivity contribution is 6.93. The van der Waals surface area contributed by atoms with Gasteiger partial charge in [0.15, 0.2) is 0 Å². The first-order valence-electron chi connectivity index (χ1n) is 24.2. The van der Waals surface area contributed by atoms with Crippen molar-refractivity contribution >= 4 is 46.2 Å². The predicted octanol–water partition coefficient (Wildman–Crippen LogP) is 15.6. The van der Waals surface area contributed by atoms with Crippen LogP contribution in [0.3, 0.4) is 0 Å². The van der Waals surface area contributed by atoms with E-state index in [-0.39, 0.29) is 33.9 Å². The number of hydrogen-bond donors (Lipinski definition) is 0. The number of hydrogen-bond acceptors (Lipinski definition) is 2. The minimum absolute atomic E-state index is 0.0141. The zero-order valence-electron chi connectivity index (χ0n) is 41.1. The van der Waals surface area contributed by atoms with E-state index in [0.717, 1.165) is 0 Å². The monoisotopic (exact) mass is 849 g/mol. The van der Waals surface area contributed by atoms with Crippen molar-refractivity contribution in [3.63, 3.8) is 0 Å². The van der Waals surface area contributed by atoms with Crippen LogP contribution >= 0.6 is 0 Å². The molecule has 0 atom stereocenters. The van der Waals surface area contributed by atoms with Crippen LogP contribution in [0.2, 0.25) is 0 Å². The van der Waals surface area contributed by atoms with E-state index in [0.29, 0.717) is 0 Å². The molecule has 11 rings (SSSR count). The Morgan fingerprint density at radius 3 is 1.77 bits per heavy atom. The zero-order chi connectivity index (χ0) is 45.7. The molecule has 4 aliphatic rings. The van der Waals surface area contributed by atoms with Crippen molar-refractivity contribution < 1.29 is 0 Å². The first kappa shape index (κ1) is 41.9. The quantitative estimate of drug-likeness (QED) is 0.163. The van der Waals surface area contributed by atoms with Gasteiger partial charge in [-0.15, -0.1) is 0 Å². The van der Waals surface area contributed by atoms with E-state index in [9.17, 15) is 0 Å². The summed E-state index contributed by atoms with van der Waals surface area (Å²) in [6.07, 6.45) is 2.35. The summed E-state index contributed by atoms with van der Waals surface area (Å²) in [5.74, 6) is 0. The largest absolute Gasteiger partial charge is 0.376 e. The molecular formula is C62H65BN2. The highest BCUT2D eigenvalue weighted by atomic mass is 15.2. The van der Waals surface area contributed by atoms with Crippen molar-refractivity contribution in [2.75, 3.05) is 9.71 Å². The molecule has 0 fully saturated rings. The molecule has 0 saturated carbocycles. The summed E-state index contributed by atoms with van der Waals surface area (Å²) >= 11 is 0. The molecule has 0 aromatic heterocycles. The molecule has 2 heterocycles. The van der Waals surface area contributed by atoms with Crippen molar-refractivity contribution in [2.24, 2.45) is 0 Å². The van der Waals surface area contributed by atoms with Crippen molar-refractivity contribution in [1.29, 1.82) is 0 Å². The average Bonchev–Trinajstić information content (AvgIpc) is 3.48. The maximum Gasteiger partial charge on any atom is 0.333 e. The van der Waals surface area contributed by atoms with E-state index >= 15 is 0 Å². The molecule has 7 aromatic carbocycles. The molecule has 2 nitrogen and oxygen atoms in total. The number of fused-ring (bicyclic) bond motifs is 8. The topological polar surface area (TPSA) is 6.48 Å². The fourth-order valence-electron chi connectivity index (χ4n) is 12.1. The van der Waals surface area contributed by atoms with Gasteiger partial charge in [-0.25, -0.2) is 0 Å². The minimum atomic E-state index is -0.161. The summed E-state index contributed by atoms with van der Waals surface area (Å²) in [7, 11) is 0. The third-order valence-corrected chi connectivity index (χ3v) is 16.1. The van der Waals surface area contributed by atoms with Gasteiger partial charge in [-0.3, -0.25) is 0 Å². The van der Waals surface area contributed by atoms with Crippen LogP contribution in [0.4, 0.5) is 28.4 Å². The number of benzene rings is 7. The predicted molar refractivity (Wildman–Crippen MR) is 281 cm³/mol. The molecule has 0 radical (unpaired) electrons. The smallest absolute Gasteiger partial charge is 0.333 e. The van der Waals surface area contributed by atoms with Crippen LogP contribution in [0.1, 0.15) is 135 Å². The van der Waals surface area contributed by atoms with Crippen molar-refractivity contribution in [3.8, 4) is 33.4 Å². The van der Waals surface area contributed by atoms with Gasteiger partial charge in [0.25, 0.3) is 0 Å². The van der Waals surface area contributed by atoms with Crippen LogP contribution in [0.5, 0.6) is 0 Å². The maximum atomic E-state index is 2.75. The molecule has 0 bridgehead atoms. The van der Waals surface area contributed by atoms with Gasteiger partial charge in [0.05, 0.1) is 5.69 Å². The molecule has 0 spiro atoms. The van der Waals surface area contributed by atoms with Crippen LogP contribution < -0.4 is 20.6 Å². The first-order valence-corrected chi connectivity index (χ1v) is 24.2. The Morgan fingerprint density at radius 1 is 0.462 bits per heavy atom. The Labute approximate surface area is 389 Å². The summed E-state index contributed by atoms with van der Waals surface area (Å²) in [4.78, 5) is 5.41. The van der Waals surface area contributed by atoms with Gasteiger partial charge in [0.1, 0.15) is 0 Å². The highest BCUT2D eigenvalue weighted by Crippen LogP contribution is 2.56. The Kier molecular flexibility index (Phi) is 8.93. The maximum absolute atomic E-state index is 2.75. The van der Waals surface area contributed by atoms with Crippen molar-refractivity contribution in [2.45, 2.75) is 130 Å². The molecule has 326 valence electrons. The molecule has 0 saturated heterocycles. The lowest BCUT2D eigenvalue weighted by Crippen LogP contribution is -2.62. The van der Waals surface area contributed by atoms with Crippen molar-refractivity contribution in [1.82, 2.24) is 0 Å². The van der Waals surface area contributed by atoms with Gasteiger partial charge >= 0.3 is 6.85 Å². The summed E-state index contributed by atoms with van der Waals surface area (Å²) in [5.41, 5.74) is 26.6. The second-order valence-electron chi connectivity index (χ2n) is 23.8. The lowest BCUT2D eigenvalue weighted by Gasteiger charge is -2.48. The summed E-state index contributed by atoms with van der Waals surface area (Å²) < 4.78 is 0. The van der Waals surface area contributed by atoms with E-state index in [1.54, 1.807) is 0 Å². The number of aryl methyl sites for hydroxylation is 1. The summed E-state index contributed by atoms with van der Waals surface area (Å²) in [5, 5.41) is 0. The van der Waals surface area contributed by atoms with Gasteiger partial charge in [0, 0.05) is 39.3 Å². The van der Waals surface area contributed by atoms with E-state index in [4.69, 9.17) is 0 Å². The lowest BCUT2D eigenvalue weighted by molar-refractivity contribution is 0.332. The van der Waals surface area contributed by atoms with Crippen LogP contribution in [0, 0.1) is 6.92 Å². The molecule has 3 heteroatoms. The first-order chi connectivity index (χ1) is 30.6. The third kappa shape index (κ3) is 6.27. The van der Waals surface area contributed by atoms with Crippen LogP contribution in [-0.2, 0) is 27.1 Å². The van der Waals surface area contributed by atoms with Gasteiger partial charge in [-0.2, -0.15) is 0 Å². The van der Waals surface area contributed by atoms with Crippen LogP contribution in [-0.4, -0.2) is 6.85 Å². The normalized spacial score (nSPS) is 17.2. The van der Waals surface area contributed by atoms with E-state index in [2.05, 4.69) is 233 Å². The van der Waals surface area contributed by atoms with Crippen molar-refractivity contribution in [3.05, 3.63) is 172 Å². The molecule has 65 heavy (non-hydrogen) atoms. The number of nitrogens with zero attached hydrogens (tertiary/aromatic N) is 2. The molecule has 7 aromatic rings. The van der Waals surface area contributed by atoms with Gasteiger partial charge < -0.3 is 9.71 Å². The van der Waals surface area contributed by atoms with E-state index in [1.807, 2.05) is 0 Å². The highest BCUT2D eigenvalue weighted by Gasteiger charge is 2.49. The summed E-state index contributed by atoms with van der Waals surface area (Å²) in [6.45, 7) is 31.0. The molecule has 2 aliphatic heterocycles. The number of rotatable bonds is 3. The Morgan fingerprint density at radius 2 is 1.09 bits per heavy atom. The second-order valence-corrected chi connectivity index (χ2v) is 23.8. The molecule has 0 amide bonds. The molecule has 2 aliphatic carbocycles.